The maximum Gasteiger partial charge on any atom is 0.231 e. The minimum absolute atomic E-state index is 0.501. The van der Waals surface area contributed by atoms with Gasteiger partial charge in [-0.3, -0.25) is 4.90 Å². The zero-order valence-corrected chi connectivity index (χ0v) is 35.8. The maximum absolute atomic E-state index is 5.68. The van der Waals surface area contributed by atoms with Crippen molar-refractivity contribution in [2.24, 2.45) is 0 Å². The first-order valence-electron chi connectivity index (χ1n) is 22.1. The fourth-order valence-corrected chi connectivity index (χ4v) is 12.3. The summed E-state index contributed by atoms with van der Waals surface area (Å²) >= 11 is 1.89. The lowest BCUT2D eigenvalue weighted by Gasteiger charge is -2.38. The highest BCUT2D eigenvalue weighted by Gasteiger charge is 2.49. The predicted octanol–water partition coefficient (Wildman–Crippen LogP) is 15.8. The van der Waals surface area contributed by atoms with E-state index in [-0.39, 0.29) is 0 Å². The lowest BCUT2D eigenvalue weighted by atomic mass is 9.79. The molecule has 14 rings (SSSR count). The number of aromatic nitrogens is 3. The van der Waals surface area contributed by atoms with Crippen LogP contribution in [0.3, 0.4) is 0 Å². The number of rotatable bonds is 4. The number of fused-ring (bicyclic) bond motifs is 16. The maximum atomic E-state index is 5.68. The third-order valence-corrected chi connectivity index (χ3v) is 15.1. The molecule has 1 aliphatic carbocycles. The first kappa shape index (κ1) is 35.7. The van der Waals surface area contributed by atoms with Crippen molar-refractivity contribution >= 4 is 109 Å². The molecule has 12 aromatic rings. The molecule has 4 nitrogen and oxygen atoms in total. The molecule has 300 valence electrons. The monoisotopic (exact) mass is 834 g/mol. The molecular formula is C59H38N4S. The predicted molar refractivity (Wildman–Crippen MR) is 271 cm³/mol. The summed E-state index contributed by atoms with van der Waals surface area (Å²) in [4.78, 5) is 13.9. The van der Waals surface area contributed by atoms with Crippen molar-refractivity contribution < 1.29 is 0 Å². The molecule has 0 radical (unpaired) electrons. The highest BCUT2D eigenvalue weighted by Crippen LogP contribution is 2.61. The Hall–Kier alpha value is -7.86. The number of thiophene rings is 1. The van der Waals surface area contributed by atoms with Gasteiger partial charge in [0.2, 0.25) is 5.95 Å². The molecular weight excluding hydrogens is 797 g/mol. The Morgan fingerprint density at radius 2 is 1.23 bits per heavy atom. The normalized spacial score (nSPS) is 16.0. The minimum atomic E-state index is -0.501. The largest absolute Gasteiger partial charge is 0.309 e. The van der Waals surface area contributed by atoms with Crippen molar-refractivity contribution in [2.45, 2.75) is 18.9 Å². The Balaban J connectivity index is 1.06. The van der Waals surface area contributed by atoms with Gasteiger partial charge >= 0.3 is 0 Å². The van der Waals surface area contributed by atoms with E-state index in [4.69, 9.17) is 9.97 Å². The van der Waals surface area contributed by atoms with E-state index in [1.54, 1.807) is 0 Å². The van der Waals surface area contributed by atoms with Gasteiger partial charge in [-0.05, 0) is 94.8 Å². The summed E-state index contributed by atoms with van der Waals surface area (Å²) in [7, 11) is 0. The Morgan fingerprint density at radius 3 is 2.08 bits per heavy atom. The number of allylic oxidation sites excluding steroid dienone is 2. The van der Waals surface area contributed by atoms with Crippen LogP contribution in [0.1, 0.15) is 24.5 Å². The molecule has 0 bridgehead atoms. The lowest BCUT2D eigenvalue weighted by Crippen LogP contribution is -2.41. The van der Waals surface area contributed by atoms with Crippen molar-refractivity contribution in [3.8, 4) is 16.9 Å². The van der Waals surface area contributed by atoms with Crippen LogP contribution in [0.4, 0.5) is 11.6 Å². The third kappa shape index (κ3) is 4.93. The summed E-state index contributed by atoms with van der Waals surface area (Å²) in [5.74, 6) is 0.718. The van der Waals surface area contributed by atoms with Crippen LogP contribution in [-0.4, -0.2) is 20.1 Å². The van der Waals surface area contributed by atoms with Crippen LogP contribution in [0.5, 0.6) is 0 Å². The third-order valence-electron chi connectivity index (χ3n) is 13.9. The number of benzene rings is 9. The van der Waals surface area contributed by atoms with Gasteiger partial charge in [0.25, 0.3) is 0 Å². The molecule has 0 saturated carbocycles. The molecule has 3 aromatic heterocycles. The summed E-state index contributed by atoms with van der Waals surface area (Å²) in [6, 6.07) is 68.1. The number of nitrogens with zero attached hydrogens (tertiary/aromatic N) is 4. The molecule has 0 spiro atoms. The summed E-state index contributed by atoms with van der Waals surface area (Å²) in [5.41, 5.74) is 12.3. The highest BCUT2D eigenvalue weighted by atomic mass is 32.1. The van der Waals surface area contributed by atoms with Crippen molar-refractivity contribution in [3.63, 3.8) is 0 Å². The average molecular weight is 835 g/mol. The number of anilines is 2. The van der Waals surface area contributed by atoms with E-state index < -0.39 is 5.54 Å². The molecule has 0 amide bonds. The Labute approximate surface area is 373 Å². The van der Waals surface area contributed by atoms with Gasteiger partial charge < -0.3 is 4.57 Å². The van der Waals surface area contributed by atoms with Crippen LogP contribution in [0.2, 0.25) is 0 Å². The average Bonchev–Trinajstić information content (AvgIpc) is 4.00. The SMILES string of the molecule is CC12CC=C(c3ccc4c(c3)c3ccccc3n4-c3ccccc3)C=C1c1c(c3sc4ccccc4c3c3ccccc13)N2c1nc(-c2ccccc2)c2ccc3ccccc3c2n1. The van der Waals surface area contributed by atoms with Crippen LogP contribution in [0, 0.1) is 0 Å². The molecule has 2 aliphatic rings. The van der Waals surface area contributed by atoms with E-state index in [1.807, 2.05) is 11.3 Å². The number of hydrogen-bond acceptors (Lipinski definition) is 4. The van der Waals surface area contributed by atoms with E-state index >= 15 is 0 Å². The Kier molecular flexibility index (Phi) is 7.43. The quantitative estimate of drug-likeness (QED) is 0.166. The molecule has 1 atom stereocenters. The van der Waals surface area contributed by atoms with Crippen LogP contribution >= 0.6 is 11.3 Å². The molecule has 5 heteroatoms. The fourth-order valence-electron chi connectivity index (χ4n) is 11.0. The molecule has 64 heavy (non-hydrogen) atoms. The lowest BCUT2D eigenvalue weighted by molar-refractivity contribution is 0.599. The second kappa shape index (κ2) is 13.3. The highest BCUT2D eigenvalue weighted by molar-refractivity contribution is 7.26. The van der Waals surface area contributed by atoms with Crippen LogP contribution in [0.15, 0.2) is 200 Å². The Bertz CT molecular complexity index is 4010. The van der Waals surface area contributed by atoms with Gasteiger partial charge in [-0.25, -0.2) is 9.97 Å². The summed E-state index contributed by atoms with van der Waals surface area (Å²) in [6.07, 6.45) is 5.71. The minimum Gasteiger partial charge on any atom is -0.309 e. The molecule has 0 N–H and O–H groups in total. The summed E-state index contributed by atoms with van der Waals surface area (Å²) in [6.45, 7) is 2.41. The zero-order chi connectivity index (χ0) is 42.1. The van der Waals surface area contributed by atoms with Crippen molar-refractivity contribution in [3.05, 3.63) is 211 Å². The van der Waals surface area contributed by atoms with Gasteiger partial charge in [0.05, 0.1) is 38.2 Å². The van der Waals surface area contributed by atoms with Gasteiger partial charge in [0.1, 0.15) is 0 Å². The Morgan fingerprint density at radius 1 is 0.547 bits per heavy atom. The smallest absolute Gasteiger partial charge is 0.231 e. The molecule has 0 saturated heterocycles. The van der Waals surface area contributed by atoms with Crippen LogP contribution in [-0.2, 0) is 0 Å². The van der Waals surface area contributed by atoms with Crippen molar-refractivity contribution in [1.29, 1.82) is 0 Å². The fraction of sp³-hybridized carbons (Fsp3) is 0.0508. The van der Waals surface area contributed by atoms with Gasteiger partial charge in [0.15, 0.2) is 0 Å². The van der Waals surface area contributed by atoms with Crippen molar-refractivity contribution in [2.75, 3.05) is 4.90 Å². The van der Waals surface area contributed by atoms with Gasteiger partial charge in [0, 0.05) is 53.8 Å². The number of hydrogen-bond donors (Lipinski definition) is 0. The van der Waals surface area contributed by atoms with E-state index in [2.05, 4.69) is 217 Å². The van der Waals surface area contributed by atoms with Crippen LogP contribution in [0.25, 0.3) is 103 Å². The molecule has 1 aliphatic heterocycles. The summed E-state index contributed by atoms with van der Waals surface area (Å²) < 4.78 is 4.94. The number of para-hydroxylation sites is 2. The molecule has 1 unspecified atom stereocenters. The van der Waals surface area contributed by atoms with E-state index in [0.717, 1.165) is 45.6 Å². The van der Waals surface area contributed by atoms with Crippen LogP contribution < -0.4 is 4.90 Å². The van der Waals surface area contributed by atoms with E-state index in [9.17, 15) is 0 Å². The van der Waals surface area contributed by atoms with Crippen molar-refractivity contribution in [1.82, 2.24) is 14.5 Å². The zero-order valence-electron chi connectivity index (χ0n) is 35.0. The topological polar surface area (TPSA) is 34.0 Å². The van der Waals surface area contributed by atoms with Gasteiger partial charge in [-0.2, -0.15) is 0 Å². The van der Waals surface area contributed by atoms with E-state index in [1.165, 1.54) is 86.1 Å². The second-order valence-electron chi connectivity index (χ2n) is 17.4. The first-order chi connectivity index (χ1) is 31.6. The van der Waals surface area contributed by atoms with Gasteiger partial charge in [-0.15, -0.1) is 11.3 Å². The molecule has 9 aromatic carbocycles. The second-order valence-corrected chi connectivity index (χ2v) is 18.5. The molecule has 0 fully saturated rings. The van der Waals surface area contributed by atoms with Gasteiger partial charge in [-0.1, -0.05) is 152 Å². The first-order valence-corrected chi connectivity index (χ1v) is 22.9. The summed E-state index contributed by atoms with van der Waals surface area (Å²) in [5, 5.41) is 11.0. The molecule has 4 heterocycles. The van der Waals surface area contributed by atoms with E-state index in [0.29, 0.717) is 0 Å². The standard InChI is InChI=1S/C59H38N4S/c1-59-33-32-39(38-29-31-50-47(34-38)42-22-12-14-26-49(42)62(50)40-19-6-3-7-20-40)35-48(59)53-44-24-11-10-23-43(44)52-45-25-13-15-27-51(45)64-57(52)56(53)63(59)58-60-54(37-17-4-2-5-18-37)46-30-28-36-16-8-9-21-41(36)55(46)61-58/h2-32,34-35H,33H2,1H3.